The molecule has 1 aliphatic heterocycles. The Balaban J connectivity index is 1.67. The normalized spacial score (nSPS) is 17.8. The van der Waals surface area contributed by atoms with Crippen LogP contribution in [0, 0.1) is 5.92 Å². The second kappa shape index (κ2) is 7.18. The van der Waals surface area contributed by atoms with E-state index < -0.39 is 0 Å². The number of hydrogen-bond donors (Lipinski definition) is 2. The highest BCUT2D eigenvalue weighted by atomic mass is 16.1. The summed E-state index contributed by atoms with van der Waals surface area (Å²) in [5.41, 5.74) is 0.350. The Labute approximate surface area is 142 Å². The number of piperidine rings is 1. The van der Waals surface area contributed by atoms with Gasteiger partial charge in [0.25, 0.3) is 11.5 Å². The summed E-state index contributed by atoms with van der Waals surface area (Å²) in [7, 11) is 0. The van der Waals surface area contributed by atoms with Crippen molar-refractivity contribution in [3.63, 3.8) is 0 Å². The highest BCUT2D eigenvalue weighted by molar-refractivity contribution is 6.06. The second-order valence-corrected chi connectivity index (χ2v) is 6.85. The fourth-order valence-corrected chi connectivity index (χ4v) is 3.33. The number of rotatable bonds is 4. The summed E-state index contributed by atoms with van der Waals surface area (Å²) in [6.07, 6.45) is 3.96. The van der Waals surface area contributed by atoms with Crippen molar-refractivity contribution in [3.8, 4) is 0 Å². The van der Waals surface area contributed by atoms with Crippen LogP contribution in [0.1, 0.15) is 37.0 Å². The molecule has 1 aromatic heterocycles. The Bertz CT molecular complexity index is 776. The molecule has 1 atom stereocenters. The van der Waals surface area contributed by atoms with E-state index in [1.165, 1.54) is 19.0 Å². The molecule has 0 unspecified atom stereocenters. The van der Waals surface area contributed by atoms with Crippen molar-refractivity contribution in [2.24, 2.45) is 5.92 Å². The van der Waals surface area contributed by atoms with E-state index in [-0.39, 0.29) is 11.5 Å². The smallest absolute Gasteiger partial charge is 0.255 e. The lowest BCUT2D eigenvalue weighted by atomic mass is 9.98. The van der Waals surface area contributed by atoms with Gasteiger partial charge in [0.15, 0.2) is 0 Å². The van der Waals surface area contributed by atoms with Gasteiger partial charge < -0.3 is 10.3 Å². The van der Waals surface area contributed by atoms with Crippen LogP contribution < -0.4 is 10.9 Å². The van der Waals surface area contributed by atoms with E-state index in [2.05, 4.69) is 29.0 Å². The molecule has 0 saturated carbocycles. The van der Waals surface area contributed by atoms with E-state index in [0.717, 1.165) is 19.0 Å². The van der Waals surface area contributed by atoms with E-state index in [4.69, 9.17) is 0 Å². The first-order valence-electron chi connectivity index (χ1n) is 8.69. The Morgan fingerprint density at radius 3 is 2.67 bits per heavy atom. The predicted molar refractivity (Wildman–Crippen MR) is 96.3 cm³/mol. The molecule has 24 heavy (non-hydrogen) atoms. The lowest BCUT2D eigenvalue weighted by molar-refractivity contribution is 0.0923. The van der Waals surface area contributed by atoms with E-state index >= 15 is 0 Å². The molecule has 0 radical (unpaired) electrons. The zero-order chi connectivity index (χ0) is 17.1. The van der Waals surface area contributed by atoms with Crippen LogP contribution in [0.25, 0.3) is 10.8 Å². The van der Waals surface area contributed by atoms with Gasteiger partial charge in [0.1, 0.15) is 0 Å². The number of carbonyl (C=O) groups excluding carboxylic acids is 1. The average molecular weight is 327 g/mol. The third-order valence-electron chi connectivity index (χ3n) is 5.05. The molecule has 1 aromatic carbocycles. The molecule has 5 heteroatoms. The van der Waals surface area contributed by atoms with Crippen molar-refractivity contribution in [3.05, 3.63) is 46.4 Å². The number of fused-ring (bicyclic) bond motifs is 1. The van der Waals surface area contributed by atoms with Gasteiger partial charge >= 0.3 is 0 Å². The van der Waals surface area contributed by atoms with Crippen LogP contribution in [0.4, 0.5) is 0 Å². The second-order valence-electron chi connectivity index (χ2n) is 6.85. The summed E-state index contributed by atoms with van der Waals surface area (Å²) in [5.74, 6) is 0.662. The van der Waals surface area contributed by atoms with Gasteiger partial charge in [0.2, 0.25) is 0 Å². The molecular formula is C19H25N3O2. The number of benzene rings is 1. The highest BCUT2D eigenvalue weighted by Crippen LogP contribution is 2.18. The summed E-state index contributed by atoms with van der Waals surface area (Å²) in [6, 6.07) is 7.52. The van der Waals surface area contributed by atoms with Gasteiger partial charge in [-0.2, -0.15) is 0 Å². The topological polar surface area (TPSA) is 65.2 Å². The number of carbonyl (C=O) groups is 1. The monoisotopic (exact) mass is 327 g/mol. The maximum Gasteiger partial charge on any atom is 0.255 e. The summed E-state index contributed by atoms with van der Waals surface area (Å²) < 4.78 is 0. The first-order chi connectivity index (χ1) is 11.6. The molecule has 3 rings (SSSR count). The zero-order valence-electron chi connectivity index (χ0n) is 14.3. The Kier molecular flexibility index (Phi) is 5.00. The van der Waals surface area contributed by atoms with Gasteiger partial charge in [-0.25, -0.2) is 0 Å². The summed E-state index contributed by atoms with van der Waals surface area (Å²) in [6.45, 7) is 7.26. The van der Waals surface area contributed by atoms with E-state index in [9.17, 15) is 9.59 Å². The van der Waals surface area contributed by atoms with Gasteiger partial charge in [0.05, 0.1) is 5.56 Å². The summed E-state index contributed by atoms with van der Waals surface area (Å²) in [5, 5.41) is 4.25. The van der Waals surface area contributed by atoms with Crippen molar-refractivity contribution in [1.29, 1.82) is 0 Å². The number of nitrogens with one attached hydrogen (secondary N) is 2. The number of likely N-dealkylation sites (tertiary alicyclic amines) is 1. The Morgan fingerprint density at radius 2 is 1.96 bits per heavy atom. The summed E-state index contributed by atoms with van der Waals surface area (Å²) >= 11 is 0. The number of H-pyrrole nitrogens is 1. The minimum Gasteiger partial charge on any atom is -0.350 e. The van der Waals surface area contributed by atoms with Gasteiger partial charge in [0, 0.05) is 29.6 Å². The number of aromatic amines is 1. The Morgan fingerprint density at radius 1 is 1.29 bits per heavy atom. The van der Waals surface area contributed by atoms with Crippen LogP contribution in [0.2, 0.25) is 0 Å². The number of amides is 1. The van der Waals surface area contributed by atoms with Crippen LogP contribution in [0.15, 0.2) is 35.3 Å². The lowest BCUT2D eigenvalue weighted by Crippen LogP contribution is -2.45. The van der Waals surface area contributed by atoms with Crippen molar-refractivity contribution < 1.29 is 4.79 Å². The van der Waals surface area contributed by atoms with Crippen LogP contribution in [-0.2, 0) is 0 Å². The SMILES string of the molecule is CC1CCN([C@H](C)CNC(=O)c2c[nH]c(=O)c3ccccc23)CC1. The van der Waals surface area contributed by atoms with Crippen molar-refractivity contribution in [2.75, 3.05) is 19.6 Å². The maximum atomic E-state index is 12.6. The van der Waals surface area contributed by atoms with Gasteiger partial charge in [-0.3, -0.25) is 14.5 Å². The first kappa shape index (κ1) is 16.7. The van der Waals surface area contributed by atoms with Gasteiger partial charge in [-0.1, -0.05) is 25.1 Å². The fraction of sp³-hybridized carbons (Fsp3) is 0.474. The molecule has 1 aliphatic rings. The van der Waals surface area contributed by atoms with E-state index in [1.807, 2.05) is 12.1 Å². The molecule has 1 saturated heterocycles. The average Bonchev–Trinajstić information content (AvgIpc) is 2.60. The van der Waals surface area contributed by atoms with Gasteiger partial charge in [-0.15, -0.1) is 0 Å². The van der Waals surface area contributed by atoms with Crippen LogP contribution >= 0.6 is 0 Å². The highest BCUT2D eigenvalue weighted by Gasteiger charge is 2.21. The number of aromatic nitrogens is 1. The minimum absolute atomic E-state index is 0.139. The molecule has 128 valence electrons. The van der Waals surface area contributed by atoms with Crippen LogP contribution in [0.3, 0.4) is 0 Å². The largest absolute Gasteiger partial charge is 0.350 e. The standard InChI is InChI=1S/C19H25N3O2/c1-13-7-9-22(10-8-13)14(2)11-20-19(24)17-12-21-18(23)16-6-4-3-5-15(16)17/h3-6,12-14H,7-11H2,1-2H3,(H,20,24)(H,21,23)/t14-/m1/s1. The minimum atomic E-state index is -0.169. The van der Waals surface area contributed by atoms with Crippen molar-refractivity contribution in [2.45, 2.75) is 32.7 Å². The molecule has 1 fully saturated rings. The number of pyridine rings is 1. The first-order valence-corrected chi connectivity index (χ1v) is 8.69. The van der Waals surface area contributed by atoms with Crippen molar-refractivity contribution >= 4 is 16.7 Å². The molecule has 2 aromatic rings. The fourth-order valence-electron chi connectivity index (χ4n) is 3.33. The van der Waals surface area contributed by atoms with Gasteiger partial charge in [-0.05, 0) is 44.8 Å². The van der Waals surface area contributed by atoms with Crippen LogP contribution in [0.5, 0.6) is 0 Å². The van der Waals surface area contributed by atoms with E-state index in [0.29, 0.717) is 28.9 Å². The molecule has 5 nitrogen and oxygen atoms in total. The molecular weight excluding hydrogens is 302 g/mol. The van der Waals surface area contributed by atoms with Crippen LogP contribution in [-0.4, -0.2) is 41.5 Å². The third-order valence-corrected chi connectivity index (χ3v) is 5.05. The quantitative estimate of drug-likeness (QED) is 0.906. The van der Waals surface area contributed by atoms with Crippen molar-refractivity contribution in [1.82, 2.24) is 15.2 Å². The number of nitrogens with zero attached hydrogens (tertiary/aromatic N) is 1. The molecule has 0 spiro atoms. The third kappa shape index (κ3) is 3.51. The molecule has 0 aliphatic carbocycles. The predicted octanol–water partition coefficient (Wildman–Crippen LogP) is 2.38. The maximum absolute atomic E-state index is 12.6. The van der Waals surface area contributed by atoms with E-state index in [1.54, 1.807) is 12.1 Å². The Hall–Kier alpha value is -2.14. The molecule has 0 bridgehead atoms. The molecule has 2 N–H and O–H groups in total. The summed E-state index contributed by atoms with van der Waals surface area (Å²) in [4.78, 5) is 29.5. The lowest BCUT2D eigenvalue weighted by Gasteiger charge is -2.35. The zero-order valence-corrected chi connectivity index (χ0v) is 14.3. The molecule has 1 amide bonds. The molecule has 2 heterocycles. The number of hydrogen-bond acceptors (Lipinski definition) is 3.